The van der Waals surface area contributed by atoms with E-state index in [1.807, 2.05) is 37.6 Å². The monoisotopic (exact) mass is 397 g/mol. The second-order valence-electron chi connectivity index (χ2n) is 5.29. The molecule has 0 aliphatic rings. The molecule has 0 spiro atoms. The summed E-state index contributed by atoms with van der Waals surface area (Å²) in [5, 5.41) is 2.92. The Morgan fingerprint density at radius 1 is 1.30 bits per heavy atom. The Labute approximate surface area is 148 Å². The van der Waals surface area contributed by atoms with Crippen LogP contribution in [-0.2, 0) is 11.3 Å². The van der Waals surface area contributed by atoms with Gasteiger partial charge in [0, 0.05) is 14.9 Å². The smallest absolute Gasteiger partial charge is 0.279 e. The summed E-state index contributed by atoms with van der Waals surface area (Å²) in [6, 6.07) is 12.7. The highest BCUT2D eigenvalue weighted by atomic mass is 79.9. The number of halogens is 2. The van der Waals surface area contributed by atoms with Crippen LogP contribution in [0.5, 0.6) is 0 Å². The molecule has 0 aliphatic heterocycles. The van der Waals surface area contributed by atoms with Crippen molar-refractivity contribution in [2.24, 2.45) is 0 Å². The fraction of sp³-hybridized carbons (Fsp3) is 0.235. The van der Waals surface area contributed by atoms with Crippen molar-refractivity contribution in [2.75, 3.05) is 25.2 Å². The van der Waals surface area contributed by atoms with E-state index in [2.05, 4.69) is 21.2 Å². The summed E-state index contributed by atoms with van der Waals surface area (Å²) in [7, 11) is 1.88. The maximum absolute atomic E-state index is 13.8. The Kier molecular flexibility index (Phi) is 6.62. The molecule has 122 valence electrons. The van der Waals surface area contributed by atoms with Crippen LogP contribution in [0.4, 0.5) is 10.1 Å². The van der Waals surface area contributed by atoms with Crippen molar-refractivity contribution in [1.82, 2.24) is 0 Å². The molecule has 0 heterocycles. The molecule has 0 bridgehead atoms. The fourth-order valence-electron chi connectivity index (χ4n) is 2.27. The van der Waals surface area contributed by atoms with Gasteiger partial charge in [0.15, 0.2) is 6.54 Å². The first-order valence-electron chi connectivity index (χ1n) is 7.17. The summed E-state index contributed by atoms with van der Waals surface area (Å²) in [5.41, 5.74) is 1.41. The van der Waals surface area contributed by atoms with Gasteiger partial charge in [0.2, 0.25) is 0 Å². The molecule has 23 heavy (non-hydrogen) atoms. The van der Waals surface area contributed by atoms with Crippen molar-refractivity contribution in [2.45, 2.75) is 11.4 Å². The van der Waals surface area contributed by atoms with Crippen LogP contribution in [-0.4, -0.2) is 25.8 Å². The van der Waals surface area contributed by atoms with Gasteiger partial charge in [-0.05, 0) is 36.6 Å². The minimum absolute atomic E-state index is 0.0819. The van der Waals surface area contributed by atoms with Gasteiger partial charge in [-0.15, -0.1) is 11.8 Å². The topological polar surface area (TPSA) is 33.5 Å². The van der Waals surface area contributed by atoms with Crippen LogP contribution < -0.4 is 10.2 Å². The van der Waals surface area contributed by atoms with Crippen LogP contribution in [0.2, 0.25) is 0 Å². The molecule has 0 aromatic heterocycles. The lowest BCUT2D eigenvalue weighted by molar-refractivity contribution is -0.885. The molecule has 2 aromatic rings. The van der Waals surface area contributed by atoms with E-state index in [9.17, 15) is 9.18 Å². The first-order chi connectivity index (χ1) is 11.0. The summed E-state index contributed by atoms with van der Waals surface area (Å²) >= 11 is 4.83. The second-order valence-corrected chi connectivity index (χ2v) is 7.06. The molecular weight excluding hydrogens is 379 g/mol. The summed E-state index contributed by atoms with van der Waals surface area (Å²) in [6.07, 6.45) is 1.97. The van der Waals surface area contributed by atoms with Gasteiger partial charge in [0.25, 0.3) is 5.91 Å². The summed E-state index contributed by atoms with van der Waals surface area (Å²) < 4.78 is 14.6. The highest BCUT2D eigenvalue weighted by Gasteiger charge is 2.14. The van der Waals surface area contributed by atoms with E-state index in [0.29, 0.717) is 16.6 Å². The number of rotatable bonds is 6. The number of amides is 1. The molecule has 0 saturated heterocycles. The third-order valence-corrected chi connectivity index (χ3v) is 4.64. The minimum atomic E-state index is -0.258. The first kappa shape index (κ1) is 18.0. The molecular formula is C17H19BrFN2OS+. The molecule has 1 amide bonds. The van der Waals surface area contributed by atoms with Gasteiger partial charge in [-0.1, -0.05) is 28.1 Å². The largest absolute Gasteiger partial charge is 0.326 e. The zero-order valence-electron chi connectivity index (χ0n) is 13.0. The van der Waals surface area contributed by atoms with Crippen LogP contribution in [0.15, 0.2) is 51.8 Å². The van der Waals surface area contributed by atoms with E-state index < -0.39 is 0 Å². The Morgan fingerprint density at radius 2 is 2.04 bits per heavy atom. The summed E-state index contributed by atoms with van der Waals surface area (Å²) in [4.78, 5) is 14.1. The van der Waals surface area contributed by atoms with E-state index >= 15 is 0 Å². The van der Waals surface area contributed by atoms with E-state index in [1.165, 1.54) is 6.07 Å². The number of likely N-dealkylation sites (N-methyl/N-ethyl adjacent to an activating group) is 1. The molecule has 0 radical (unpaired) electrons. The van der Waals surface area contributed by atoms with E-state index in [-0.39, 0.29) is 18.3 Å². The van der Waals surface area contributed by atoms with Crippen molar-refractivity contribution in [3.8, 4) is 0 Å². The van der Waals surface area contributed by atoms with E-state index in [1.54, 1.807) is 23.9 Å². The molecule has 0 aliphatic carbocycles. The third kappa shape index (κ3) is 5.34. The second kappa shape index (κ2) is 8.47. The number of para-hydroxylation sites is 1. The zero-order valence-corrected chi connectivity index (χ0v) is 15.4. The molecule has 0 fully saturated rings. The van der Waals surface area contributed by atoms with E-state index in [0.717, 1.165) is 15.5 Å². The number of nitrogens with one attached hydrogen (secondary N) is 2. The molecule has 0 saturated carbocycles. The predicted octanol–water partition coefficient (Wildman–Crippen LogP) is 2.96. The maximum atomic E-state index is 13.8. The first-order valence-corrected chi connectivity index (χ1v) is 9.19. The molecule has 2 N–H and O–H groups in total. The van der Waals surface area contributed by atoms with Gasteiger partial charge in [-0.3, -0.25) is 4.79 Å². The lowest BCUT2D eigenvalue weighted by atomic mass is 10.2. The Morgan fingerprint density at radius 3 is 2.74 bits per heavy atom. The molecule has 2 aromatic carbocycles. The molecule has 1 unspecified atom stereocenters. The lowest BCUT2D eigenvalue weighted by Gasteiger charge is -2.15. The van der Waals surface area contributed by atoms with Crippen LogP contribution in [0.25, 0.3) is 0 Å². The van der Waals surface area contributed by atoms with Crippen molar-refractivity contribution in [3.63, 3.8) is 0 Å². The Balaban J connectivity index is 1.94. The number of benzene rings is 2. The standard InChI is InChI=1S/C17H18BrFN2OS/c1-21(10-12-7-8-13(18)9-14(12)19)11-17(22)20-15-5-3-4-6-16(15)23-2/h3-9H,10-11H2,1-2H3,(H,20,22)/p+1. The minimum Gasteiger partial charge on any atom is -0.326 e. The molecule has 6 heteroatoms. The highest BCUT2D eigenvalue weighted by molar-refractivity contribution is 9.10. The lowest BCUT2D eigenvalue weighted by Crippen LogP contribution is -3.08. The van der Waals surface area contributed by atoms with Crippen LogP contribution in [0, 0.1) is 5.82 Å². The Bertz CT molecular complexity index is 696. The van der Waals surface area contributed by atoms with Crippen molar-refractivity contribution in [3.05, 3.63) is 58.3 Å². The summed E-state index contributed by atoms with van der Waals surface area (Å²) in [5.74, 6) is -0.339. The maximum Gasteiger partial charge on any atom is 0.279 e. The molecule has 1 atom stereocenters. The van der Waals surface area contributed by atoms with Gasteiger partial charge < -0.3 is 10.2 Å². The van der Waals surface area contributed by atoms with Crippen molar-refractivity contribution >= 4 is 39.3 Å². The number of quaternary nitrogens is 1. The van der Waals surface area contributed by atoms with Crippen LogP contribution in [0.1, 0.15) is 5.56 Å². The average Bonchev–Trinajstić information content (AvgIpc) is 2.50. The number of hydrogen-bond donors (Lipinski definition) is 2. The molecule has 3 nitrogen and oxygen atoms in total. The predicted molar refractivity (Wildman–Crippen MR) is 96.4 cm³/mol. The van der Waals surface area contributed by atoms with Crippen LogP contribution >= 0.6 is 27.7 Å². The van der Waals surface area contributed by atoms with Gasteiger partial charge in [0.1, 0.15) is 12.4 Å². The summed E-state index contributed by atoms with van der Waals surface area (Å²) in [6.45, 7) is 0.731. The van der Waals surface area contributed by atoms with Gasteiger partial charge in [0.05, 0.1) is 12.7 Å². The third-order valence-electron chi connectivity index (χ3n) is 3.35. The van der Waals surface area contributed by atoms with Crippen molar-refractivity contribution < 1.29 is 14.1 Å². The van der Waals surface area contributed by atoms with Gasteiger partial charge >= 0.3 is 0 Å². The number of anilines is 1. The van der Waals surface area contributed by atoms with Crippen LogP contribution in [0.3, 0.4) is 0 Å². The highest BCUT2D eigenvalue weighted by Crippen LogP contribution is 2.24. The SMILES string of the molecule is CSc1ccccc1NC(=O)C[NH+](C)Cc1ccc(Br)cc1F. The van der Waals surface area contributed by atoms with Gasteiger partial charge in [-0.2, -0.15) is 0 Å². The number of carbonyl (C=O) groups is 1. The molecule has 2 rings (SSSR count). The number of hydrogen-bond acceptors (Lipinski definition) is 2. The van der Waals surface area contributed by atoms with E-state index in [4.69, 9.17) is 0 Å². The quantitative estimate of drug-likeness (QED) is 0.734. The van der Waals surface area contributed by atoms with Crippen molar-refractivity contribution in [1.29, 1.82) is 0 Å². The normalized spacial score (nSPS) is 12.0. The number of thioether (sulfide) groups is 1. The zero-order chi connectivity index (χ0) is 16.8. The fourth-order valence-corrected chi connectivity index (χ4v) is 3.16. The Hall–Kier alpha value is -1.37. The number of carbonyl (C=O) groups excluding carboxylic acids is 1. The average molecular weight is 398 g/mol. The van der Waals surface area contributed by atoms with Gasteiger partial charge in [-0.25, -0.2) is 4.39 Å².